The molecule has 1 amide bonds. The first-order valence-electron chi connectivity index (χ1n) is 6.70. The monoisotopic (exact) mass is 297 g/mol. The third-order valence-electron chi connectivity index (χ3n) is 3.45. The smallest absolute Gasteiger partial charge is 0.222 e. The Balaban J connectivity index is 3.03. The molecule has 0 fully saturated rings. The van der Waals surface area contributed by atoms with E-state index < -0.39 is 0 Å². The van der Waals surface area contributed by atoms with Crippen LogP contribution in [0.25, 0.3) is 0 Å². The second kappa shape index (κ2) is 7.06. The topological polar surface area (TPSA) is 79.2 Å². The molecule has 0 radical (unpaired) electrons. The number of methoxy groups -OCH3 is 2. The number of carbonyl (C=O) groups is 1. The number of ether oxygens (including phenoxy) is 2. The van der Waals surface area contributed by atoms with Gasteiger partial charge >= 0.3 is 0 Å². The minimum atomic E-state index is -0.0545. The van der Waals surface area contributed by atoms with E-state index in [0.29, 0.717) is 30.4 Å². The molecule has 1 aromatic carbocycles. The van der Waals surface area contributed by atoms with Crippen LogP contribution in [-0.2, 0) is 11.2 Å². The Hall–Kier alpha value is -2.11. The van der Waals surface area contributed by atoms with Crippen LogP contribution >= 0.6 is 0 Å². The fourth-order valence-corrected chi connectivity index (χ4v) is 2.17. The molecule has 0 atom stereocenters. The number of benzene rings is 1. The fraction of sp³-hybridized carbons (Fsp3) is 0.533. The van der Waals surface area contributed by atoms with Gasteiger partial charge in [-0.2, -0.15) is 0 Å². The molecule has 0 unspecified atom stereocenters. The molecule has 0 aliphatic heterocycles. The van der Waals surface area contributed by atoms with Crippen LogP contribution in [0.2, 0.25) is 0 Å². The van der Waals surface area contributed by atoms with Crippen molar-refractivity contribution in [2.45, 2.75) is 26.2 Å². The van der Waals surface area contributed by atoms with Crippen molar-refractivity contribution >= 4 is 5.91 Å². The van der Waals surface area contributed by atoms with E-state index in [1.54, 1.807) is 21.0 Å². The molecule has 0 aliphatic rings. The number of hydrogen-bond acceptors (Lipinski definition) is 5. The van der Waals surface area contributed by atoms with Crippen LogP contribution in [0.4, 0.5) is 0 Å². The van der Waals surface area contributed by atoms with Gasteiger partial charge in [-0.15, -0.1) is 0 Å². The van der Waals surface area contributed by atoms with Crippen molar-refractivity contribution < 1.29 is 24.5 Å². The Labute approximate surface area is 124 Å². The lowest BCUT2D eigenvalue weighted by Gasteiger charge is -2.18. The molecule has 6 nitrogen and oxygen atoms in total. The lowest BCUT2D eigenvalue weighted by molar-refractivity contribution is -0.128. The second-order valence-corrected chi connectivity index (χ2v) is 5.01. The number of nitrogens with zero attached hydrogens (tertiary/aromatic N) is 1. The quantitative estimate of drug-likeness (QED) is 0.783. The summed E-state index contributed by atoms with van der Waals surface area (Å²) in [6.45, 7) is 1.69. The molecule has 0 bridgehead atoms. The van der Waals surface area contributed by atoms with Crippen LogP contribution in [0.5, 0.6) is 23.0 Å². The van der Waals surface area contributed by atoms with Crippen molar-refractivity contribution in [1.29, 1.82) is 0 Å². The minimum Gasteiger partial charge on any atom is -0.504 e. The standard InChI is InChI=1S/C15H23NO5/c1-9-10(7-6-8-11(17)16(2)3)13(19)15(21-5)14(20-4)12(9)18/h18-19H,6-8H2,1-5H3. The van der Waals surface area contributed by atoms with E-state index in [-0.39, 0.29) is 28.9 Å². The first-order chi connectivity index (χ1) is 9.84. The first-order valence-corrected chi connectivity index (χ1v) is 6.70. The van der Waals surface area contributed by atoms with Gasteiger partial charge in [0.25, 0.3) is 0 Å². The van der Waals surface area contributed by atoms with Crippen molar-refractivity contribution in [2.24, 2.45) is 0 Å². The Morgan fingerprint density at radius 2 is 1.62 bits per heavy atom. The van der Waals surface area contributed by atoms with Gasteiger partial charge in [-0.25, -0.2) is 0 Å². The Bertz CT molecular complexity index is 526. The number of phenolic OH excluding ortho intramolecular Hbond substituents is 2. The molecule has 1 aromatic rings. The van der Waals surface area contributed by atoms with Gasteiger partial charge in [-0.1, -0.05) is 0 Å². The van der Waals surface area contributed by atoms with Gasteiger partial charge in [0.2, 0.25) is 17.4 Å². The maximum atomic E-state index is 11.6. The van der Waals surface area contributed by atoms with E-state index >= 15 is 0 Å². The van der Waals surface area contributed by atoms with Gasteiger partial charge in [0.15, 0.2) is 11.5 Å². The fourth-order valence-electron chi connectivity index (χ4n) is 2.17. The molecule has 118 valence electrons. The maximum absolute atomic E-state index is 11.6. The maximum Gasteiger partial charge on any atom is 0.222 e. The van der Waals surface area contributed by atoms with Gasteiger partial charge in [0, 0.05) is 31.6 Å². The molecule has 2 N–H and O–H groups in total. The van der Waals surface area contributed by atoms with Crippen LogP contribution in [-0.4, -0.2) is 49.3 Å². The van der Waals surface area contributed by atoms with E-state index in [1.165, 1.54) is 19.1 Å². The molecule has 0 aliphatic carbocycles. The highest BCUT2D eigenvalue weighted by Gasteiger charge is 2.22. The highest BCUT2D eigenvalue weighted by molar-refractivity contribution is 5.75. The molecule has 6 heteroatoms. The predicted octanol–water partition coefficient (Wildman–Crippen LogP) is 1.83. The summed E-state index contributed by atoms with van der Waals surface area (Å²) in [5.41, 5.74) is 1.10. The molecule has 0 spiro atoms. The lowest BCUT2D eigenvalue weighted by atomic mass is 9.99. The first kappa shape index (κ1) is 16.9. The van der Waals surface area contributed by atoms with Gasteiger partial charge in [-0.05, 0) is 19.8 Å². The molecule has 0 aromatic heterocycles. The van der Waals surface area contributed by atoms with E-state index in [1.807, 2.05) is 0 Å². The summed E-state index contributed by atoms with van der Waals surface area (Å²) in [7, 11) is 6.19. The number of hydrogen-bond donors (Lipinski definition) is 2. The molecule has 0 saturated carbocycles. The van der Waals surface area contributed by atoms with E-state index in [2.05, 4.69) is 0 Å². The van der Waals surface area contributed by atoms with Crippen molar-refractivity contribution in [1.82, 2.24) is 4.90 Å². The summed E-state index contributed by atoms with van der Waals surface area (Å²) in [6.07, 6.45) is 1.41. The van der Waals surface area contributed by atoms with Crippen molar-refractivity contribution in [3.8, 4) is 23.0 Å². The third kappa shape index (κ3) is 3.51. The summed E-state index contributed by atoms with van der Waals surface area (Å²) < 4.78 is 10.2. The zero-order valence-electron chi connectivity index (χ0n) is 13.2. The summed E-state index contributed by atoms with van der Waals surface area (Å²) in [4.78, 5) is 13.1. The molecule has 1 rings (SSSR count). The van der Waals surface area contributed by atoms with Crippen LogP contribution in [0, 0.1) is 6.92 Å². The van der Waals surface area contributed by atoms with E-state index in [0.717, 1.165) is 0 Å². The molecular weight excluding hydrogens is 274 g/mol. The summed E-state index contributed by atoms with van der Waals surface area (Å²) in [5, 5.41) is 20.4. The van der Waals surface area contributed by atoms with Crippen LogP contribution in [0.3, 0.4) is 0 Å². The van der Waals surface area contributed by atoms with Gasteiger partial charge in [-0.3, -0.25) is 4.79 Å². The third-order valence-corrected chi connectivity index (χ3v) is 3.45. The number of aromatic hydroxyl groups is 2. The molecule has 0 heterocycles. The number of rotatable bonds is 6. The van der Waals surface area contributed by atoms with E-state index in [4.69, 9.17) is 9.47 Å². The number of amides is 1. The SMILES string of the molecule is COc1c(O)c(C)c(CCCC(=O)N(C)C)c(O)c1OC. The Morgan fingerprint density at radius 1 is 1.10 bits per heavy atom. The van der Waals surface area contributed by atoms with Gasteiger partial charge in [0.1, 0.15) is 0 Å². The average Bonchev–Trinajstić information content (AvgIpc) is 2.45. The zero-order chi connectivity index (χ0) is 16.2. The Kier molecular flexibility index (Phi) is 5.69. The summed E-state index contributed by atoms with van der Waals surface area (Å²) >= 11 is 0. The van der Waals surface area contributed by atoms with Crippen molar-refractivity contribution in [2.75, 3.05) is 28.3 Å². The van der Waals surface area contributed by atoms with Crippen LogP contribution in [0.15, 0.2) is 0 Å². The van der Waals surface area contributed by atoms with Crippen molar-refractivity contribution in [3.05, 3.63) is 11.1 Å². The minimum absolute atomic E-state index is 0.0249. The number of phenols is 2. The molecule has 0 saturated heterocycles. The molecular formula is C15H23NO5. The van der Waals surface area contributed by atoms with E-state index in [9.17, 15) is 15.0 Å². The van der Waals surface area contributed by atoms with Crippen LogP contribution < -0.4 is 9.47 Å². The summed E-state index contributed by atoms with van der Waals surface area (Å²) in [6, 6.07) is 0. The predicted molar refractivity (Wildman–Crippen MR) is 79.2 cm³/mol. The highest BCUT2D eigenvalue weighted by Crippen LogP contribution is 2.48. The second-order valence-electron chi connectivity index (χ2n) is 5.01. The normalized spacial score (nSPS) is 10.3. The van der Waals surface area contributed by atoms with Crippen LogP contribution in [0.1, 0.15) is 24.0 Å². The summed E-state index contributed by atoms with van der Waals surface area (Å²) in [5.74, 6) is 0.134. The van der Waals surface area contributed by atoms with Gasteiger partial charge < -0.3 is 24.6 Å². The zero-order valence-corrected chi connectivity index (χ0v) is 13.2. The van der Waals surface area contributed by atoms with Gasteiger partial charge in [0.05, 0.1) is 14.2 Å². The highest BCUT2D eigenvalue weighted by atomic mass is 16.5. The largest absolute Gasteiger partial charge is 0.504 e. The molecule has 21 heavy (non-hydrogen) atoms. The van der Waals surface area contributed by atoms with Crippen molar-refractivity contribution in [3.63, 3.8) is 0 Å². The number of carbonyl (C=O) groups excluding carboxylic acids is 1. The Morgan fingerprint density at radius 3 is 2.10 bits per heavy atom. The lowest BCUT2D eigenvalue weighted by Crippen LogP contribution is -2.21. The average molecular weight is 297 g/mol.